The number of rotatable bonds is 6. The van der Waals surface area contributed by atoms with E-state index >= 15 is 0 Å². The lowest BCUT2D eigenvalue weighted by Gasteiger charge is -2.15. The third-order valence-corrected chi connectivity index (χ3v) is 7.97. The maximum Gasteiger partial charge on any atom is 0.266 e. The van der Waals surface area contributed by atoms with Gasteiger partial charge in [-0.1, -0.05) is 54.2 Å². The quantitative estimate of drug-likeness (QED) is 0.315. The zero-order valence-electron chi connectivity index (χ0n) is 18.0. The molecular weight excluding hydrogens is 442 g/mol. The van der Waals surface area contributed by atoms with Crippen LogP contribution in [0.1, 0.15) is 11.1 Å². The summed E-state index contributed by atoms with van der Waals surface area (Å²) in [5.41, 5.74) is 3.08. The first-order valence-electron chi connectivity index (χ1n) is 10.0. The zero-order valence-corrected chi connectivity index (χ0v) is 19.7. The summed E-state index contributed by atoms with van der Waals surface area (Å²) in [6, 6.07) is 21.8. The SMILES string of the molecule is Cc1ccccc1-n1c(SCc2cccc(S(=O)(=O)N(C)C)c2)nc2ccccc2c1=O. The summed E-state index contributed by atoms with van der Waals surface area (Å²) in [4.78, 5) is 18.4. The molecule has 0 fully saturated rings. The molecule has 4 rings (SSSR count). The van der Waals surface area contributed by atoms with Crippen molar-refractivity contribution in [2.24, 2.45) is 0 Å². The number of aryl methyl sites for hydroxylation is 1. The summed E-state index contributed by atoms with van der Waals surface area (Å²) in [6.07, 6.45) is 0. The van der Waals surface area contributed by atoms with Crippen LogP contribution in [0, 0.1) is 6.92 Å². The van der Waals surface area contributed by atoms with Crippen LogP contribution in [-0.4, -0.2) is 36.4 Å². The van der Waals surface area contributed by atoms with E-state index in [0.717, 1.165) is 16.8 Å². The standard InChI is InChI=1S/C24H23N3O3S2/c1-17-9-4-7-14-22(17)27-23(28)20-12-5-6-13-21(20)25-24(27)31-16-18-10-8-11-19(15-18)32(29,30)26(2)3/h4-15H,16H2,1-3H3. The molecule has 3 aromatic carbocycles. The van der Waals surface area contributed by atoms with Crippen LogP contribution in [0.25, 0.3) is 16.6 Å². The summed E-state index contributed by atoms with van der Waals surface area (Å²) in [5, 5.41) is 1.11. The van der Waals surface area contributed by atoms with E-state index in [-0.39, 0.29) is 10.5 Å². The fraction of sp³-hybridized carbons (Fsp3) is 0.167. The largest absolute Gasteiger partial charge is 0.268 e. The van der Waals surface area contributed by atoms with E-state index in [1.807, 2.05) is 55.5 Å². The Labute approximate surface area is 191 Å². The number of nitrogens with zero attached hydrogens (tertiary/aromatic N) is 3. The summed E-state index contributed by atoms with van der Waals surface area (Å²) in [7, 11) is -0.500. The van der Waals surface area contributed by atoms with Crippen LogP contribution in [0.15, 0.2) is 87.6 Å². The highest BCUT2D eigenvalue weighted by atomic mass is 32.2. The number of hydrogen-bond acceptors (Lipinski definition) is 5. The Morgan fingerprint density at radius 3 is 2.44 bits per heavy atom. The van der Waals surface area contributed by atoms with Crippen molar-refractivity contribution >= 4 is 32.7 Å². The fourth-order valence-electron chi connectivity index (χ4n) is 3.39. The van der Waals surface area contributed by atoms with Crippen LogP contribution in [0.4, 0.5) is 0 Å². The van der Waals surface area contributed by atoms with Gasteiger partial charge < -0.3 is 0 Å². The Kier molecular flexibility index (Phi) is 6.19. The second-order valence-electron chi connectivity index (χ2n) is 7.56. The number of sulfonamides is 1. The van der Waals surface area contributed by atoms with Gasteiger partial charge in [-0.3, -0.25) is 9.36 Å². The van der Waals surface area contributed by atoms with Gasteiger partial charge in [-0.25, -0.2) is 17.7 Å². The molecule has 0 aliphatic rings. The number of para-hydroxylation sites is 2. The van der Waals surface area contributed by atoms with Crippen LogP contribution in [-0.2, 0) is 15.8 Å². The number of aromatic nitrogens is 2. The zero-order chi connectivity index (χ0) is 22.9. The van der Waals surface area contributed by atoms with Gasteiger partial charge in [0.25, 0.3) is 5.56 Å². The number of fused-ring (bicyclic) bond motifs is 1. The Balaban J connectivity index is 1.78. The van der Waals surface area contributed by atoms with Crippen molar-refractivity contribution in [3.05, 3.63) is 94.3 Å². The average molecular weight is 466 g/mol. The van der Waals surface area contributed by atoms with E-state index in [9.17, 15) is 13.2 Å². The minimum absolute atomic E-state index is 0.128. The Bertz CT molecular complexity index is 1460. The number of hydrogen-bond donors (Lipinski definition) is 0. The molecule has 0 unspecified atom stereocenters. The highest BCUT2D eigenvalue weighted by Gasteiger charge is 2.18. The molecule has 0 saturated carbocycles. The van der Waals surface area contributed by atoms with Crippen molar-refractivity contribution in [2.75, 3.05) is 14.1 Å². The first-order valence-corrected chi connectivity index (χ1v) is 12.4. The van der Waals surface area contributed by atoms with Crippen molar-refractivity contribution in [3.63, 3.8) is 0 Å². The topological polar surface area (TPSA) is 72.3 Å². The lowest BCUT2D eigenvalue weighted by Crippen LogP contribution is -2.22. The van der Waals surface area contributed by atoms with Crippen molar-refractivity contribution in [1.29, 1.82) is 0 Å². The monoisotopic (exact) mass is 465 g/mol. The molecule has 0 aliphatic carbocycles. The fourth-order valence-corrected chi connectivity index (χ4v) is 5.31. The number of benzene rings is 3. The molecule has 0 radical (unpaired) electrons. The average Bonchev–Trinajstić information content (AvgIpc) is 2.79. The molecule has 1 heterocycles. The van der Waals surface area contributed by atoms with Gasteiger partial charge in [-0.2, -0.15) is 0 Å². The minimum atomic E-state index is -3.52. The highest BCUT2D eigenvalue weighted by molar-refractivity contribution is 7.98. The van der Waals surface area contributed by atoms with E-state index in [2.05, 4.69) is 0 Å². The molecule has 0 spiro atoms. The third kappa shape index (κ3) is 4.21. The van der Waals surface area contributed by atoms with Crippen LogP contribution in [0.3, 0.4) is 0 Å². The molecule has 0 bridgehead atoms. The molecule has 32 heavy (non-hydrogen) atoms. The third-order valence-electron chi connectivity index (χ3n) is 5.15. The Hall–Kier alpha value is -2.94. The van der Waals surface area contributed by atoms with Gasteiger partial charge in [0.1, 0.15) is 0 Å². The molecule has 1 aromatic heterocycles. The van der Waals surface area contributed by atoms with E-state index in [1.165, 1.54) is 30.2 Å². The second-order valence-corrected chi connectivity index (χ2v) is 10.7. The molecule has 0 atom stereocenters. The molecule has 0 saturated heterocycles. The molecule has 0 N–H and O–H groups in total. The maximum absolute atomic E-state index is 13.4. The van der Waals surface area contributed by atoms with Gasteiger partial charge >= 0.3 is 0 Å². The Morgan fingerprint density at radius 2 is 1.69 bits per heavy atom. The highest BCUT2D eigenvalue weighted by Crippen LogP contribution is 2.27. The molecule has 0 aliphatic heterocycles. The summed E-state index contributed by atoms with van der Waals surface area (Å²) in [5.74, 6) is 0.466. The minimum Gasteiger partial charge on any atom is -0.268 e. The lowest BCUT2D eigenvalue weighted by molar-refractivity contribution is 0.520. The van der Waals surface area contributed by atoms with Crippen molar-refractivity contribution in [2.45, 2.75) is 22.7 Å². The first kappa shape index (κ1) is 22.3. The van der Waals surface area contributed by atoms with Gasteiger partial charge in [0, 0.05) is 19.8 Å². The lowest BCUT2D eigenvalue weighted by atomic mass is 10.2. The van der Waals surface area contributed by atoms with Crippen molar-refractivity contribution in [3.8, 4) is 5.69 Å². The molecule has 8 heteroatoms. The van der Waals surface area contributed by atoms with E-state index in [4.69, 9.17) is 4.98 Å². The van der Waals surface area contributed by atoms with E-state index in [1.54, 1.807) is 28.8 Å². The van der Waals surface area contributed by atoms with Crippen molar-refractivity contribution in [1.82, 2.24) is 13.9 Å². The Morgan fingerprint density at radius 1 is 0.969 bits per heavy atom. The van der Waals surface area contributed by atoms with E-state index in [0.29, 0.717) is 21.8 Å². The molecule has 4 aromatic rings. The van der Waals surface area contributed by atoms with Gasteiger partial charge in [0.2, 0.25) is 10.0 Å². The normalized spacial score (nSPS) is 11.9. The summed E-state index contributed by atoms with van der Waals surface area (Å²) < 4.78 is 27.8. The van der Waals surface area contributed by atoms with Gasteiger partial charge in [0.15, 0.2) is 5.16 Å². The first-order chi connectivity index (χ1) is 15.3. The van der Waals surface area contributed by atoms with Gasteiger partial charge in [-0.05, 0) is 48.4 Å². The predicted molar refractivity (Wildman–Crippen MR) is 129 cm³/mol. The van der Waals surface area contributed by atoms with Crippen molar-refractivity contribution < 1.29 is 8.42 Å². The number of thioether (sulfide) groups is 1. The molecular formula is C24H23N3O3S2. The van der Waals surface area contributed by atoms with Crippen LogP contribution < -0.4 is 5.56 Å². The van der Waals surface area contributed by atoms with Gasteiger partial charge in [-0.15, -0.1) is 0 Å². The maximum atomic E-state index is 13.4. The van der Waals surface area contributed by atoms with Crippen LogP contribution in [0.2, 0.25) is 0 Å². The van der Waals surface area contributed by atoms with Crippen LogP contribution >= 0.6 is 11.8 Å². The molecule has 164 valence electrons. The summed E-state index contributed by atoms with van der Waals surface area (Å²) >= 11 is 1.40. The summed E-state index contributed by atoms with van der Waals surface area (Å²) in [6.45, 7) is 1.96. The smallest absolute Gasteiger partial charge is 0.266 e. The second kappa shape index (κ2) is 8.90. The molecule has 0 amide bonds. The predicted octanol–water partition coefficient (Wildman–Crippen LogP) is 4.24. The molecule has 6 nitrogen and oxygen atoms in total. The van der Waals surface area contributed by atoms with Crippen LogP contribution in [0.5, 0.6) is 0 Å². The van der Waals surface area contributed by atoms with E-state index < -0.39 is 10.0 Å². The van der Waals surface area contributed by atoms with Gasteiger partial charge in [0.05, 0.1) is 21.5 Å².